The number of nitriles is 1. The average Bonchev–Trinajstić information content (AvgIpc) is 3.12. The van der Waals surface area contributed by atoms with E-state index < -0.39 is 0 Å². The molecular formula is C19H19NO3. The first kappa shape index (κ1) is 14.5. The molecule has 1 aliphatic carbocycles. The molecule has 1 N–H and O–H groups in total. The number of carbonyl (C=O) groups is 1. The molecule has 3 unspecified atom stereocenters. The van der Waals surface area contributed by atoms with Gasteiger partial charge in [-0.05, 0) is 43.9 Å². The summed E-state index contributed by atoms with van der Waals surface area (Å²) in [6.07, 6.45) is 0.0240. The van der Waals surface area contributed by atoms with Crippen LogP contribution in [0.1, 0.15) is 28.7 Å². The van der Waals surface area contributed by atoms with Gasteiger partial charge in [0.2, 0.25) is 0 Å². The Morgan fingerprint density at radius 2 is 1.87 bits per heavy atom. The second-order valence-electron chi connectivity index (χ2n) is 7.06. The van der Waals surface area contributed by atoms with Gasteiger partial charge in [-0.25, -0.2) is 0 Å². The molecule has 2 fully saturated rings. The summed E-state index contributed by atoms with van der Waals surface area (Å²) in [6, 6.07) is 6.33. The minimum atomic E-state index is -0.346. The Bertz CT molecular complexity index is 778. The van der Waals surface area contributed by atoms with E-state index in [2.05, 4.69) is 6.07 Å². The first-order chi connectivity index (χ1) is 10.9. The van der Waals surface area contributed by atoms with Crippen LogP contribution in [0.25, 0.3) is 5.57 Å². The highest BCUT2D eigenvalue weighted by atomic mass is 16.5. The molecule has 118 valence electrons. The predicted molar refractivity (Wildman–Crippen MR) is 84.6 cm³/mol. The normalized spacial score (nSPS) is 34.9. The maximum atomic E-state index is 13.0. The number of hydrogen-bond donors (Lipinski definition) is 1. The van der Waals surface area contributed by atoms with E-state index in [0.29, 0.717) is 12.0 Å². The largest absolute Gasteiger partial charge is 0.511 e. The molecular weight excluding hydrogens is 290 g/mol. The third-order valence-corrected chi connectivity index (χ3v) is 5.57. The molecule has 2 bridgehead atoms. The number of rotatable bonds is 1. The average molecular weight is 309 g/mol. The lowest BCUT2D eigenvalue weighted by Crippen LogP contribution is -2.33. The van der Waals surface area contributed by atoms with E-state index in [0.717, 1.165) is 22.3 Å². The number of hydrogen-bond acceptors (Lipinski definition) is 4. The number of aliphatic hydroxyl groups is 1. The Hall–Kier alpha value is -2.12. The van der Waals surface area contributed by atoms with Crippen LogP contribution >= 0.6 is 0 Å². The van der Waals surface area contributed by atoms with Gasteiger partial charge in [-0.1, -0.05) is 17.7 Å². The molecule has 2 saturated heterocycles. The molecule has 23 heavy (non-hydrogen) atoms. The fourth-order valence-electron chi connectivity index (χ4n) is 4.81. The third-order valence-electron chi connectivity index (χ3n) is 5.57. The van der Waals surface area contributed by atoms with Crippen molar-refractivity contribution in [2.75, 3.05) is 0 Å². The SMILES string of the molecule is Cc1cc(C)c(C2=C(O)[C@@H]3C4OC(CC4C#N)[C@@H]3C2=O)c(C)c1. The summed E-state index contributed by atoms with van der Waals surface area (Å²) in [6.45, 7) is 5.97. The summed E-state index contributed by atoms with van der Waals surface area (Å²) in [7, 11) is 0. The Balaban J connectivity index is 1.85. The maximum absolute atomic E-state index is 13.0. The van der Waals surface area contributed by atoms with Crippen LogP contribution in [0.15, 0.2) is 17.9 Å². The van der Waals surface area contributed by atoms with E-state index in [1.807, 2.05) is 32.9 Å². The summed E-state index contributed by atoms with van der Waals surface area (Å²) in [5.74, 6) is -0.787. The molecule has 0 amide bonds. The summed E-state index contributed by atoms with van der Waals surface area (Å²) < 4.78 is 5.81. The van der Waals surface area contributed by atoms with Crippen LogP contribution in [0.5, 0.6) is 0 Å². The Labute approximate surface area is 135 Å². The van der Waals surface area contributed by atoms with Crippen LogP contribution in [0.3, 0.4) is 0 Å². The summed E-state index contributed by atoms with van der Waals surface area (Å²) >= 11 is 0. The molecule has 2 aliphatic heterocycles. The van der Waals surface area contributed by atoms with Crippen molar-refractivity contribution in [3.8, 4) is 6.07 Å². The van der Waals surface area contributed by atoms with Gasteiger partial charge >= 0.3 is 0 Å². The van der Waals surface area contributed by atoms with Gasteiger partial charge < -0.3 is 9.84 Å². The summed E-state index contributed by atoms with van der Waals surface area (Å²) in [5, 5.41) is 20.1. The van der Waals surface area contributed by atoms with Crippen LogP contribution in [-0.4, -0.2) is 23.1 Å². The first-order valence-electron chi connectivity index (χ1n) is 8.04. The lowest BCUT2D eigenvalue weighted by atomic mass is 9.75. The van der Waals surface area contributed by atoms with Gasteiger partial charge in [0.15, 0.2) is 5.78 Å². The molecule has 1 aromatic rings. The Morgan fingerprint density at radius 1 is 1.22 bits per heavy atom. The Kier molecular flexibility index (Phi) is 2.95. The monoisotopic (exact) mass is 309 g/mol. The third kappa shape index (κ3) is 1.77. The molecule has 4 heteroatoms. The number of ether oxygens (including phenoxy) is 1. The van der Waals surface area contributed by atoms with Crippen molar-refractivity contribution in [2.45, 2.75) is 39.4 Å². The zero-order valence-electron chi connectivity index (χ0n) is 13.5. The molecule has 4 rings (SSSR count). The van der Waals surface area contributed by atoms with Crippen molar-refractivity contribution in [3.05, 3.63) is 40.1 Å². The van der Waals surface area contributed by atoms with Crippen LogP contribution in [0.4, 0.5) is 0 Å². The van der Waals surface area contributed by atoms with Gasteiger partial charge in [0.1, 0.15) is 5.76 Å². The topological polar surface area (TPSA) is 70.3 Å². The van der Waals surface area contributed by atoms with E-state index in [9.17, 15) is 15.2 Å². The first-order valence-corrected chi connectivity index (χ1v) is 8.04. The highest BCUT2D eigenvalue weighted by Gasteiger charge is 2.62. The van der Waals surface area contributed by atoms with E-state index in [1.54, 1.807) is 0 Å². The van der Waals surface area contributed by atoms with Crippen LogP contribution in [-0.2, 0) is 9.53 Å². The molecule has 3 aliphatic rings. The zero-order chi connectivity index (χ0) is 16.5. The number of fused-ring (bicyclic) bond motifs is 5. The fraction of sp³-hybridized carbons (Fsp3) is 0.474. The van der Waals surface area contributed by atoms with Crippen molar-refractivity contribution in [1.29, 1.82) is 5.26 Å². The number of allylic oxidation sites excluding steroid dienone is 1. The highest BCUT2D eigenvalue weighted by molar-refractivity contribution is 6.26. The zero-order valence-corrected chi connectivity index (χ0v) is 13.5. The number of aryl methyl sites for hydroxylation is 3. The molecule has 0 spiro atoms. The standard InChI is InChI=1S/C19H19NO3/c1-8-4-9(2)13(10(3)5-8)15-17(21)14-12-6-11(7-20)19(23-12)16(14)18(15)22/h4-5,11-12,14,16,19,22H,6H2,1-3H3/t11?,12?,14-,16+,19?/m0/s1. The van der Waals surface area contributed by atoms with Crippen molar-refractivity contribution < 1.29 is 14.6 Å². The van der Waals surface area contributed by atoms with Crippen molar-refractivity contribution >= 4 is 11.4 Å². The van der Waals surface area contributed by atoms with Gasteiger partial charge in [-0.15, -0.1) is 0 Å². The lowest BCUT2D eigenvalue weighted by Gasteiger charge is -2.23. The van der Waals surface area contributed by atoms with Gasteiger partial charge in [-0.2, -0.15) is 5.26 Å². The van der Waals surface area contributed by atoms with Crippen molar-refractivity contribution in [3.63, 3.8) is 0 Å². The van der Waals surface area contributed by atoms with Crippen molar-refractivity contribution in [2.24, 2.45) is 17.8 Å². The van der Waals surface area contributed by atoms with E-state index in [1.165, 1.54) is 0 Å². The molecule has 2 heterocycles. The van der Waals surface area contributed by atoms with Crippen LogP contribution in [0.2, 0.25) is 0 Å². The second kappa shape index (κ2) is 4.69. The Morgan fingerprint density at radius 3 is 2.48 bits per heavy atom. The number of ketones is 1. The minimum Gasteiger partial charge on any atom is -0.511 e. The molecule has 5 atom stereocenters. The van der Waals surface area contributed by atoms with Crippen LogP contribution in [0, 0.1) is 49.9 Å². The molecule has 4 nitrogen and oxygen atoms in total. The van der Waals surface area contributed by atoms with Gasteiger partial charge in [0.05, 0.1) is 41.6 Å². The number of aliphatic hydroxyl groups excluding tert-OH is 1. The number of Topliss-reactive ketones (excluding diaryl/α,β-unsaturated/α-hetero) is 1. The summed E-state index contributed by atoms with van der Waals surface area (Å²) in [4.78, 5) is 13.0. The fourth-order valence-corrected chi connectivity index (χ4v) is 4.81. The smallest absolute Gasteiger partial charge is 0.173 e. The molecule has 0 aromatic heterocycles. The number of nitrogens with zero attached hydrogens (tertiary/aromatic N) is 1. The van der Waals surface area contributed by atoms with Gasteiger partial charge in [0, 0.05) is 0 Å². The van der Waals surface area contributed by atoms with Crippen LogP contribution < -0.4 is 0 Å². The van der Waals surface area contributed by atoms with E-state index in [4.69, 9.17) is 4.74 Å². The molecule has 0 radical (unpaired) electrons. The summed E-state index contributed by atoms with van der Waals surface area (Å²) in [5.41, 5.74) is 4.44. The number of benzene rings is 1. The van der Waals surface area contributed by atoms with Gasteiger partial charge in [0.25, 0.3) is 0 Å². The second-order valence-corrected chi connectivity index (χ2v) is 7.06. The lowest BCUT2D eigenvalue weighted by molar-refractivity contribution is -0.118. The van der Waals surface area contributed by atoms with Gasteiger partial charge in [-0.3, -0.25) is 4.79 Å². The maximum Gasteiger partial charge on any atom is 0.173 e. The molecule has 1 aromatic carbocycles. The highest BCUT2D eigenvalue weighted by Crippen LogP contribution is 2.55. The minimum absolute atomic E-state index is 0.0218. The quantitative estimate of drug-likeness (QED) is 0.865. The predicted octanol–water partition coefficient (Wildman–Crippen LogP) is 3.01. The van der Waals surface area contributed by atoms with E-state index in [-0.39, 0.29) is 41.5 Å². The molecule has 0 saturated carbocycles. The van der Waals surface area contributed by atoms with Crippen molar-refractivity contribution in [1.82, 2.24) is 0 Å². The number of carbonyl (C=O) groups excluding carboxylic acids is 1. The van der Waals surface area contributed by atoms with E-state index >= 15 is 0 Å².